The number of para-hydroxylation sites is 2. The molecule has 34 heavy (non-hydrogen) atoms. The van der Waals surface area contributed by atoms with Crippen molar-refractivity contribution in [2.24, 2.45) is 0 Å². The van der Waals surface area contributed by atoms with Gasteiger partial charge in [0.2, 0.25) is 11.8 Å². The van der Waals surface area contributed by atoms with Crippen molar-refractivity contribution >= 4 is 5.95 Å². The van der Waals surface area contributed by atoms with Gasteiger partial charge in [-0.25, -0.2) is 4.98 Å². The molecule has 0 spiro atoms. The molecule has 1 aromatic heterocycles. The maximum absolute atomic E-state index is 6.38. The van der Waals surface area contributed by atoms with Gasteiger partial charge in [0.05, 0.1) is 38.7 Å². The number of fused-ring (bicyclic) bond motifs is 1. The van der Waals surface area contributed by atoms with Crippen LogP contribution in [-0.4, -0.2) is 61.9 Å². The van der Waals surface area contributed by atoms with Crippen LogP contribution in [0, 0.1) is 0 Å². The van der Waals surface area contributed by atoms with E-state index in [2.05, 4.69) is 21.9 Å². The van der Waals surface area contributed by atoms with E-state index in [1.54, 1.807) is 14.2 Å². The topological polar surface area (TPSA) is 69.2 Å². The summed E-state index contributed by atoms with van der Waals surface area (Å²) < 4.78 is 22.7. The summed E-state index contributed by atoms with van der Waals surface area (Å²) >= 11 is 0. The van der Waals surface area contributed by atoms with Gasteiger partial charge in [0.15, 0.2) is 11.5 Å². The Hall–Kier alpha value is -3.36. The van der Waals surface area contributed by atoms with Gasteiger partial charge in [-0.1, -0.05) is 24.3 Å². The summed E-state index contributed by atoms with van der Waals surface area (Å²) in [5.74, 6) is 3.48. The quantitative estimate of drug-likeness (QED) is 0.527. The van der Waals surface area contributed by atoms with Gasteiger partial charge >= 0.3 is 0 Å². The van der Waals surface area contributed by atoms with Gasteiger partial charge in [-0.3, -0.25) is 4.90 Å². The molecule has 178 valence electrons. The number of anilines is 1. The third-order valence-corrected chi connectivity index (χ3v) is 6.22. The third kappa shape index (κ3) is 4.93. The van der Waals surface area contributed by atoms with Gasteiger partial charge in [-0.05, 0) is 29.8 Å². The summed E-state index contributed by atoms with van der Waals surface area (Å²) in [4.78, 5) is 14.4. The van der Waals surface area contributed by atoms with Crippen molar-refractivity contribution in [2.75, 3.05) is 52.0 Å². The Kier molecular flexibility index (Phi) is 6.78. The summed E-state index contributed by atoms with van der Waals surface area (Å²) in [5.41, 5.74) is 3.32. The van der Waals surface area contributed by atoms with Crippen LogP contribution >= 0.6 is 0 Å². The first-order valence-corrected chi connectivity index (χ1v) is 11.6. The predicted octanol–water partition coefficient (Wildman–Crippen LogP) is 3.68. The van der Waals surface area contributed by atoms with Crippen molar-refractivity contribution in [1.82, 2.24) is 14.9 Å². The minimum Gasteiger partial charge on any atom is -0.497 e. The van der Waals surface area contributed by atoms with E-state index in [0.29, 0.717) is 36.5 Å². The van der Waals surface area contributed by atoms with Crippen LogP contribution in [0.3, 0.4) is 0 Å². The number of ether oxygens (including phenoxy) is 4. The molecule has 0 atom stereocenters. The maximum Gasteiger partial charge on any atom is 0.229 e. The molecule has 3 heterocycles. The van der Waals surface area contributed by atoms with Crippen molar-refractivity contribution in [2.45, 2.75) is 19.5 Å². The van der Waals surface area contributed by atoms with Crippen LogP contribution in [0.5, 0.6) is 23.1 Å². The van der Waals surface area contributed by atoms with Crippen LogP contribution < -0.4 is 19.1 Å². The molecule has 1 fully saturated rings. The van der Waals surface area contributed by atoms with Crippen molar-refractivity contribution < 1.29 is 18.9 Å². The maximum atomic E-state index is 6.38. The zero-order chi connectivity index (χ0) is 23.3. The number of morpholine rings is 1. The van der Waals surface area contributed by atoms with E-state index in [1.807, 2.05) is 36.4 Å². The molecular weight excluding hydrogens is 432 g/mol. The third-order valence-electron chi connectivity index (χ3n) is 6.22. The number of methoxy groups -OCH3 is 2. The van der Waals surface area contributed by atoms with Gasteiger partial charge in [0, 0.05) is 39.1 Å². The highest BCUT2D eigenvalue weighted by atomic mass is 16.5. The predicted molar refractivity (Wildman–Crippen MR) is 129 cm³/mol. The molecule has 0 aliphatic carbocycles. The highest BCUT2D eigenvalue weighted by molar-refractivity contribution is 5.47. The Bertz CT molecular complexity index is 1120. The van der Waals surface area contributed by atoms with E-state index < -0.39 is 0 Å². The second-order valence-corrected chi connectivity index (χ2v) is 8.42. The zero-order valence-electron chi connectivity index (χ0n) is 19.7. The fourth-order valence-corrected chi connectivity index (χ4v) is 4.35. The summed E-state index contributed by atoms with van der Waals surface area (Å²) in [6.07, 6.45) is 0.841. The molecule has 5 rings (SSSR count). The molecule has 8 nitrogen and oxygen atoms in total. The van der Waals surface area contributed by atoms with Crippen LogP contribution in [0.4, 0.5) is 5.95 Å². The summed E-state index contributed by atoms with van der Waals surface area (Å²) in [6.45, 7) is 5.38. The Balaban J connectivity index is 1.44. The van der Waals surface area contributed by atoms with E-state index >= 15 is 0 Å². The molecule has 0 N–H and O–H groups in total. The molecule has 1 saturated heterocycles. The fourth-order valence-electron chi connectivity index (χ4n) is 4.35. The minimum absolute atomic E-state index is 0.593. The lowest BCUT2D eigenvalue weighted by Gasteiger charge is -2.32. The standard InChI is InChI=1S/C26H30N4O4/c1-31-20-9-7-19(8-10-20)17-29-12-11-22-21(18-29)25(34-24-6-4-3-5-23(24)32-2)28-26(27-22)30-13-15-33-16-14-30/h3-10H,11-18H2,1-2H3. The zero-order valence-corrected chi connectivity index (χ0v) is 19.7. The summed E-state index contributed by atoms with van der Waals surface area (Å²) in [7, 11) is 3.33. The summed E-state index contributed by atoms with van der Waals surface area (Å²) in [6, 6.07) is 15.9. The van der Waals surface area contributed by atoms with Crippen LogP contribution in [-0.2, 0) is 24.2 Å². The van der Waals surface area contributed by atoms with Gasteiger partial charge < -0.3 is 23.8 Å². The van der Waals surface area contributed by atoms with E-state index in [4.69, 9.17) is 28.9 Å². The van der Waals surface area contributed by atoms with Gasteiger partial charge in [-0.2, -0.15) is 4.98 Å². The smallest absolute Gasteiger partial charge is 0.229 e. The second-order valence-electron chi connectivity index (χ2n) is 8.42. The first-order valence-electron chi connectivity index (χ1n) is 11.6. The van der Waals surface area contributed by atoms with E-state index in [9.17, 15) is 0 Å². The van der Waals surface area contributed by atoms with E-state index in [0.717, 1.165) is 56.2 Å². The SMILES string of the molecule is COc1ccc(CN2CCc3nc(N4CCOCC4)nc(Oc4ccccc4OC)c3C2)cc1. The molecule has 0 unspecified atom stereocenters. The molecule has 3 aromatic rings. The Morgan fingerprint density at radius 2 is 1.65 bits per heavy atom. The van der Waals surface area contributed by atoms with Crippen molar-refractivity contribution in [3.8, 4) is 23.1 Å². The molecule has 2 aliphatic rings. The normalized spacial score (nSPS) is 16.1. The molecular formula is C26H30N4O4. The van der Waals surface area contributed by atoms with Crippen molar-refractivity contribution in [3.05, 3.63) is 65.4 Å². The summed E-state index contributed by atoms with van der Waals surface area (Å²) in [5, 5.41) is 0. The lowest BCUT2D eigenvalue weighted by Crippen LogP contribution is -2.38. The average molecular weight is 463 g/mol. The highest BCUT2D eigenvalue weighted by Gasteiger charge is 2.26. The number of rotatable bonds is 7. The highest BCUT2D eigenvalue weighted by Crippen LogP contribution is 2.35. The molecule has 2 aliphatic heterocycles. The van der Waals surface area contributed by atoms with Gasteiger partial charge in [-0.15, -0.1) is 0 Å². The number of nitrogens with zero attached hydrogens (tertiary/aromatic N) is 4. The largest absolute Gasteiger partial charge is 0.497 e. The Morgan fingerprint density at radius 1 is 0.882 bits per heavy atom. The monoisotopic (exact) mass is 462 g/mol. The van der Waals surface area contributed by atoms with Gasteiger partial charge in [0.1, 0.15) is 5.75 Å². The first-order chi connectivity index (χ1) is 16.7. The number of hydrogen-bond donors (Lipinski definition) is 0. The second kappa shape index (κ2) is 10.3. The molecule has 8 heteroatoms. The van der Waals surface area contributed by atoms with Crippen molar-refractivity contribution in [3.63, 3.8) is 0 Å². The average Bonchev–Trinajstić information content (AvgIpc) is 2.90. The minimum atomic E-state index is 0.593. The fraction of sp³-hybridized carbons (Fsp3) is 0.385. The molecule has 0 saturated carbocycles. The van der Waals surface area contributed by atoms with Gasteiger partial charge in [0.25, 0.3) is 0 Å². The number of aromatic nitrogens is 2. The molecule has 0 bridgehead atoms. The van der Waals surface area contributed by atoms with Crippen LogP contribution in [0.25, 0.3) is 0 Å². The Labute approximate surface area is 200 Å². The molecule has 2 aromatic carbocycles. The lowest BCUT2D eigenvalue weighted by molar-refractivity contribution is 0.122. The number of hydrogen-bond acceptors (Lipinski definition) is 8. The first kappa shape index (κ1) is 22.4. The van der Waals surface area contributed by atoms with Crippen LogP contribution in [0.1, 0.15) is 16.8 Å². The van der Waals surface area contributed by atoms with Crippen LogP contribution in [0.15, 0.2) is 48.5 Å². The molecule has 0 radical (unpaired) electrons. The van der Waals surface area contributed by atoms with E-state index in [-0.39, 0.29) is 0 Å². The molecule has 0 amide bonds. The number of benzene rings is 2. The lowest BCUT2D eigenvalue weighted by atomic mass is 10.1. The van der Waals surface area contributed by atoms with E-state index in [1.165, 1.54) is 5.56 Å². The Morgan fingerprint density at radius 3 is 2.38 bits per heavy atom. The van der Waals surface area contributed by atoms with Crippen LogP contribution in [0.2, 0.25) is 0 Å². The van der Waals surface area contributed by atoms with Crippen molar-refractivity contribution in [1.29, 1.82) is 0 Å².